The number of alkyl halides is 5. The van der Waals surface area contributed by atoms with Crippen molar-refractivity contribution in [3.05, 3.63) is 0 Å². The van der Waals surface area contributed by atoms with E-state index >= 15 is 0 Å². The maximum atomic E-state index is 5.97. The molecule has 2 nitrogen and oxygen atoms in total. The molecular weight excluding hydrogens is 353 g/mol. The summed E-state index contributed by atoms with van der Waals surface area (Å²) in [5, 5.41) is 0. The third-order valence-electron chi connectivity index (χ3n) is 2.99. The second-order valence-electron chi connectivity index (χ2n) is 4.68. The van der Waals surface area contributed by atoms with Gasteiger partial charge in [0.1, 0.15) is 0 Å². The third-order valence-corrected chi connectivity index (χ3v) is 5.48. The Bertz CT molecular complexity index is 249. The first-order valence-electron chi connectivity index (χ1n) is 6.51. The summed E-state index contributed by atoms with van der Waals surface area (Å²) >= 11 is 29.0. The molecule has 0 aromatic heterocycles. The lowest BCUT2D eigenvalue weighted by molar-refractivity contribution is -0.111. The molecule has 19 heavy (non-hydrogen) atoms. The van der Waals surface area contributed by atoms with Crippen LogP contribution in [0.15, 0.2) is 0 Å². The molecule has 114 valence electrons. The standard InChI is InChI=1S/C12H19Cl5O2/c13-11(14,12(15,16)17)7-3-1-2-4-8-18-10-6-5-9-19-10/h10H,1-9H2. The Balaban J connectivity index is 1.96. The Morgan fingerprint density at radius 1 is 1.00 bits per heavy atom. The van der Waals surface area contributed by atoms with Gasteiger partial charge in [-0.15, -0.1) is 0 Å². The van der Waals surface area contributed by atoms with E-state index < -0.39 is 8.13 Å². The van der Waals surface area contributed by atoms with E-state index in [0.29, 0.717) is 6.42 Å². The van der Waals surface area contributed by atoms with Crippen LogP contribution < -0.4 is 0 Å². The van der Waals surface area contributed by atoms with Crippen molar-refractivity contribution in [2.75, 3.05) is 13.2 Å². The Morgan fingerprint density at radius 3 is 2.26 bits per heavy atom. The van der Waals surface area contributed by atoms with Crippen molar-refractivity contribution in [2.24, 2.45) is 0 Å². The highest BCUT2D eigenvalue weighted by Crippen LogP contribution is 2.48. The highest BCUT2D eigenvalue weighted by molar-refractivity contribution is 6.75. The molecule has 0 spiro atoms. The van der Waals surface area contributed by atoms with Crippen molar-refractivity contribution >= 4 is 58.0 Å². The molecule has 1 heterocycles. The largest absolute Gasteiger partial charge is 0.353 e. The number of ether oxygens (including phenoxy) is 2. The average molecular weight is 373 g/mol. The summed E-state index contributed by atoms with van der Waals surface area (Å²) in [5.74, 6) is 0. The van der Waals surface area contributed by atoms with E-state index in [1.54, 1.807) is 0 Å². The maximum Gasteiger partial charge on any atom is 0.223 e. The number of hydrogen-bond acceptors (Lipinski definition) is 2. The first-order chi connectivity index (χ1) is 8.83. The Hall–Kier alpha value is 1.37. The predicted octanol–water partition coefficient (Wildman–Crippen LogP) is 5.63. The topological polar surface area (TPSA) is 18.5 Å². The van der Waals surface area contributed by atoms with Gasteiger partial charge in [0.15, 0.2) is 10.6 Å². The Labute approximate surface area is 139 Å². The first kappa shape index (κ1) is 18.4. The van der Waals surface area contributed by atoms with Gasteiger partial charge in [0, 0.05) is 19.6 Å². The van der Waals surface area contributed by atoms with E-state index in [1.807, 2.05) is 0 Å². The summed E-state index contributed by atoms with van der Waals surface area (Å²) < 4.78 is 7.95. The van der Waals surface area contributed by atoms with Crippen LogP contribution in [0.2, 0.25) is 0 Å². The summed E-state index contributed by atoms with van der Waals surface area (Å²) in [4.78, 5) is 0. The molecule has 7 heteroatoms. The highest BCUT2D eigenvalue weighted by Gasteiger charge is 2.44. The zero-order valence-electron chi connectivity index (χ0n) is 10.6. The number of halogens is 5. The second-order valence-corrected chi connectivity index (χ2v) is 8.44. The fraction of sp³-hybridized carbons (Fsp3) is 1.00. The zero-order valence-corrected chi connectivity index (χ0v) is 14.4. The van der Waals surface area contributed by atoms with Crippen LogP contribution in [-0.4, -0.2) is 27.6 Å². The lowest BCUT2D eigenvalue weighted by Crippen LogP contribution is -2.30. The Morgan fingerprint density at radius 2 is 1.68 bits per heavy atom. The van der Waals surface area contributed by atoms with Gasteiger partial charge in [-0.2, -0.15) is 0 Å². The SMILES string of the molecule is ClC(Cl)(Cl)C(Cl)(Cl)CCCCCCOC1CCCO1. The predicted molar refractivity (Wildman–Crippen MR) is 82.7 cm³/mol. The highest BCUT2D eigenvalue weighted by atomic mass is 35.6. The fourth-order valence-electron chi connectivity index (χ4n) is 1.84. The molecule has 1 atom stereocenters. The lowest BCUT2D eigenvalue weighted by atomic mass is 10.1. The van der Waals surface area contributed by atoms with Crippen LogP contribution >= 0.6 is 58.0 Å². The van der Waals surface area contributed by atoms with Crippen molar-refractivity contribution in [2.45, 2.75) is 59.4 Å². The van der Waals surface area contributed by atoms with E-state index in [2.05, 4.69) is 0 Å². The van der Waals surface area contributed by atoms with Crippen molar-refractivity contribution in [3.63, 3.8) is 0 Å². The molecule has 0 amide bonds. The van der Waals surface area contributed by atoms with Crippen LogP contribution in [-0.2, 0) is 9.47 Å². The van der Waals surface area contributed by atoms with Gasteiger partial charge in [0.25, 0.3) is 0 Å². The number of rotatable bonds is 8. The van der Waals surface area contributed by atoms with Gasteiger partial charge < -0.3 is 9.47 Å². The van der Waals surface area contributed by atoms with Crippen molar-refractivity contribution in [3.8, 4) is 0 Å². The Kier molecular flexibility index (Phi) is 8.46. The normalized spacial score (nSPS) is 21.0. The van der Waals surface area contributed by atoms with Gasteiger partial charge in [0.2, 0.25) is 3.79 Å². The summed E-state index contributed by atoms with van der Waals surface area (Å²) in [5.41, 5.74) is 0. The van der Waals surface area contributed by atoms with Crippen molar-refractivity contribution < 1.29 is 9.47 Å². The second kappa shape index (κ2) is 8.73. The van der Waals surface area contributed by atoms with Gasteiger partial charge in [-0.3, -0.25) is 0 Å². The summed E-state index contributed by atoms with van der Waals surface area (Å²) in [6, 6.07) is 0. The fourth-order valence-corrected chi connectivity index (χ4v) is 2.39. The van der Waals surface area contributed by atoms with E-state index in [1.165, 1.54) is 0 Å². The molecule has 1 aliphatic rings. The smallest absolute Gasteiger partial charge is 0.223 e. The molecule has 0 radical (unpaired) electrons. The molecule has 1 rings (SSSR count). The molecule has 0 bridgehead atoms. The molecule has 1 aliphatic heterocycles. The quantitative estimate of drug-likeness (QED) is 0.406. The van der Waals surface area contributed by atoms with Gasteiger partial charge in [-0.1, -0.05) is 77.3 Å². The number of hydrogen-bond donors (Lipinski definition) is 0. The summed E-state index contributed by atoms with van der Waals surface area (Å²) in [6.07, 6.45) is 6.39. The molecule has 1 unspecified atom stereocenters. The molecule has 0 aliphatic carbocycles. The minimum Gasteiger partial charge on any atom is -0.353 e. The van der Waals surface area contributed by atoms with Crippen LogP contribution in [0.25, 0.3) is 0 Å². The summed E-state index contributed by atoms with van der Waals surface area (Å²) in [7, 11) is 0. The maximum absolute atomic E-state index is 5.97. The van der Waals surface area contributed by atoms with Gasteiger partial charge in [-0.05, 0) is 19.3 Å². The van der Waals surface area contributed by atoms with Gasteiger partial charge >= 0.3 is 0 Å². The minimum absolute atomic E-state index is 0.00250. The van der Waals surface area contributed by atoms with E-state index in [4.69, 9.17) is 67.5 Å². The molecule has 0 N–H and O–H groups in total. The number of unbranched alkanes of at least 4 members (excludes halogenated alkanes) is 3. The van der Waals surface area contributed by atoms with Crippen LogP contribution in [0, 0.1) is 0 Å². The van der Waals surface area contributed by atoms with Crippen molar-refractivity contribution in [1.82, 2.24) is 0 Å². The third kappa shape index (κ3) is 7.26. The van der Waals surface area contributed by atoms with Crippen LogP contribution in [0.3, 0.4) is 0 Å². The van der Waals surface area contributed by atoms with Crippen LogP contribution in [0.4, 0.5) is 0 Å². The van der Waals surface area contributed by atoms with E-state index in [0.717, 1.165) is 51.7 Å². The minimum atomic E-state index is -1.65. The molecule has 0 saturated carbocycles. The van der Waals surface area contributed by atoms with E-state index in [-0.39, 0.29) is 6.29 Å². The molecule has 0 aromatic rings. The van der Waals surface area contributed by atoms with Gasteiger partial charge in [-0.25, -0.2) is 0 Å². The molecule has 1 saturated heterocycles. The zero-order chi connectivity index (χ0) is 14.4. The van der Waals surface area contributed by atoms with Crippen LogP contribution in [0.1, 0.15) is 44.9 Å². The molecular formula is C12H19Cl5O2. The van der Waals surface area contributed by atoms with Crippen LogP contribution in [0.5, 0.6) is 0 Å². The lowest BCUT2D eigenvalue weighted by Gasteiger charge is -2.27. The molecule has 1 fully saturated rings. The monoisotopic (exact) mass is 370 g/mol. The average Bonchev–Trinajstić information content (AvgIpc) is 2.79. The first-order valence-corrected chi connectivity index (χ1v) is 8.40. The molecule has 0 aromatic carbocycles. The van der Waals surface area contributed by atoms with E-state index in [9.17, 15) is 0 Å². The summed E-state index contributed by atoms with van der Waals surface area (Å²) in [6.45, 7) is 1.54. The van der Waals surface area contributed by atoms with Gasteiger partial charge in [0.05, 0.1) is 0 Å². The van der Waals surface area contributed by atoms with Crippen molar-refractivity contribution in [1.29, 1.82) is 0 Å².